The van der Waals surface area contributed by atoms with Crippen molar-refractivity contribution in [1.82, 2.24) is 0 Å². The zero-order chi connectivity index (χ0) is 18.6. The summed E-state index contributed by atoms with van der Waals surface area (Å²) in [5.41, 5.74) is 0.980. The molecule has 2 saturated carbocycles. The van der Waals surface area contributed by atoms with Crippen LogP contribution in [0.5, 0.6) is 0 Å². The first-order chi connectivity index (χ1) is 13.2. The van der Waals surface area contributed by atoms with Crippen LogP contribution in [0.4, 0.5) is 4.39 Å². The second-order valence-corrected chi connectivity index (χ2v) is 9.28. The number of benzene rings is 2. The van der Waals surface area contributed by atoms with Gasteiger partial charge in [0.25, 0.3) is 0 Å². The monoisotopic (exact) mass is 366 g/mol. The topological polar surface area (TPSA) is 0 Å². The summed E-state index contributed by atoms with van der Waals surface area (Å²) in [5.74, 6) is 3.16. The molecule has 0 aromatic heterocycles. The molecule has 27 heavy (non-hydrogen) atoms. The molecule has 1 heteroatoms. The molecule has 2 aliphatic carbocycles. The van der Waals surface area contributed by atoms with Gasteiger partial charge in [0.05, 0.1) is 0 Å². The SMILES string of the molecule is CCCCCCC1CCC2CC(c3cc4ccccc4cc3F)CCC2C1. The van der Waals surface area contributed by atoms with E-state index in [2.05, 4.69) is 25.1 Å². The van der Waals surface area contributed by atoms with E-state index >= 15 is 0 Å². The van der Waals surface area contributed by atoms with Crippen molar-refractivity contribution in [3.8, 4) is 0 Å². The molecule has 2 aliphatic rings. The largest absolute Gasteiger partial charge is 0.207 e. The quantitative estimate of drug-likeness (QED) is 0.451. The zero-order valence-corrected chi connectivity index (χ0v) is 16.9. The molecule has 0 radical (unpaired) electrons. The van der Waals surface area contributed by atoms with Gasteiger partial charge in [0, 0.05) is 0 Å². The van der Waals surface area contributed by atoms with E-state index in [1.165, 1.54) is 76.0 Å². The van der Waals surface area contributed by atoms with Gasteiger partial charge in [-0.15, -0.1) is 0 Å². The minimum Gasteiger partial charge on any atom is -0.207 e. The molecule has 0 N–H and O–H groups in total. The summed E-state index contributed by atoms with van der Waals surface area (Å²) in [6.45, 7) is 2.29. The van der Waals surface area contributed by atoms with Gasteiger partial charge in [0.15, 0.2) is 0 Å². The summed E-state index contributed by atoms with van der Waals surface area (Å²) in [5, 5.41) is 2.21. The number of hydrogen-bond donors (Lipinski definition) is 0. The van der Waals surface area contributed by atoms with Crippen LogP contribution >= 0.6 is 0 Å². The average Bonchev–Trinajstić information content (AvgIpc) is 2.70. The number of fused-ring (bicyclic) bond motifs is 2. The Morgan fingerprint density at radius 3 is 2.41 bits per heavy atom. The summed E-state index contributed by atoms with van der Waals surface area (Å²) in [6, 6.07) is 12.1. The Bertz CT molecular complexity index is 749. The van der Waals surface area contributed by atoms with Gasteiger partial charge >= 0.3 is 0 Å². The molecule has 2 fully saturated rings. The van der Waals surface area contributed by atoms with Gasteiger partial charge in [-0.2, -0.15) is 0 Å². The second-order valence-electron chi connectivity index (χ2n) is 9.28. The maximum atomic E-state index is 14.8. The van der Waals surface area contributed by atoms with Crippen LogP contribution in [0.2, 0.25) is 0 Å². The van der Waals surface area contributed by atoms with Crippen molar-refractivity contribution >= 4 is 10.8 Å². The van der Waals surface area contributed by atoms with Crippen molar-refractivity contribution in [1.29, 1.82) is 0 Å². The van der Waals surface area contributed by atoms with Crippen LogP contribution in [-0.4, -0.2) is 0 Å². The van der Waals surface area contributed by atoms with E-state index in [0.29, 0.717) is 5.92 Å². The lowest BCUT2D eigenvalue weighted by Gasteiger charge is -2.42. The summed E-state index contributed by atoms with van der Waals surface area (Å²) < 4.78 is 14.8. The number of hydrogen-bond acceptors (Lipinski definition) is 0. The third kappa shape index (κ3) is 4.39. The highest BCUT2D eigenvalue weighted by Crippen LogP contribution is 2.49. The van der Waals surface area contributed by atoms with Crippen LogP contribution in [0, 0.1) is 23.6 Å². The first kappa shape index (κ1) is 19.0. The van der Waals surface area contributed by atoms with Crippen molar-refractivity contribution in [2.75, 3.05) is 0 Å². The third-order valence-electron chi connectivity index (χ3n) is 7.49. The zero-order valence-electron chi connectivity index (χ0n) is 16.9. The summed E-state index contributed by atoms with van der Waals surface area (Å²) in [7, 11) is 0. The highest BCUT2D eigenvalue weighted by Gasteiger charge is 2.36. The predicted molar refractivity (Wildman–Crippen MR) is 114 cm³/mol. The van der Waals surface area contributed by atoms with Gasteiger partial charge in [-0.25, -0.2) is 4.39 Å². The van der Waals surface area contributed by atoms with Gasteiger partial charge in [-0.05, 0) is 84.2 Å². The summed E-state index contributed by atoms with van der Waals surface area (Å²) in [4.78, 5) is 0. The fraction of sp³-hybridized carbons (Fsp3) is 0.615. The predicted octanol–water partition coefficient (Wildman–Crippen LogP) is 8.25. The second kappa shape index (κ2) is 8.76. The van der Waals surface area contributed by atoms with E-state index in [-0.39, 0.29) is 5.82 Å². The normalized spacial score (nSPS) is 28.2. The minimum atomic E-state index is 0.0155. The molecular weight excluding hydrogens is 331 g/mol. The smallest absolute Gasteiger partial charge is 0.127 e. The molecule has 0 saturated heterocycles. The molecule has 0 bridgehead atoms. The van der Waals surface area contributed by atoms with Crippen LogP contribution in [0.3, 0.4) is 0 Å². The van der Waals surface area contributed by atoms with Crippen LogP contribution in [0.25, 0.3) is 10.8 Å². The van der Waals surface area contributed by atoms with Gasteiger partial charge in [-0.1, -0.05) is 69.7 Å². The Kier molecular flexibility index (Phi) is 6.15. The minimum absolute atomic E-state index is 0.0155. The lowest BCUT2D eigenvalue weighted by Crippen LogP contribution is -2.30. The van der Waals surface area contributed by atoms with E-state index in [1.807, 2.05) is 12.1 Å². The summed E-state index contributed by atoms with van der Waals surface area (Å²) >= 11 is 0. The Morgan fingerprint density at radius 1 is 0.852 bits per heavy atom. The number of rotatable bonds is 6. The van der Waals surface area contributed by atoms with Crippen LogP contribution < -0.4 is 0 Å². The standard InChI is InChI=1S/C26H35F/c1-2-3-4-5-8-19-11-12-23-16-24(14-13-22(23)15-19)25-17-20-9-6-7-10-21(20)18-26(25)27/h6-7,9-10,17-19,22-24H,2-5,8,11-16H2,1H3. The lowest BCUT2D eigenvalue weighted by molar-refractivity contribution is 0.112. The lowest BCUT2D eigenvalue weighted by atomic mass is 9.63. The molecular formula is C26H35F. The maximum Gasteiger partial charge on any atom is 0.127 e. The molecule has 2 aromatic rings. The van der Waals surface area contributed by atoms with Crippen LogP contribution in [-0.2, 0) is 0 Å². The Morgan fingerprint density at radius 2 is 1.59 bits per heavy atom. The molecule has 4 rings (SSSR count). The molecule has 4 unspecified atom stereocenters. The highest BCUT2D eigenvalue weighted by atomic mass is 19.1. The molecule has 4 atom stereocenters. The molecule has 0 heterocycles. The van der Waals surface area contributed by atoms with Crippen LogP contribution in [0.1, 0.15) is 89.0 Å². The first-order valence-corrected chi connectivity index (χ1v) is 11.4. The molecule has 0 aliphatic heterocycles. The Labute approximate surface area is 164 Å². The van der Waals surface area contributed by atoms with Crippen molar-refractivity contribution in [3.05, 3.63) is 47.8 Å². The third-order valence-corrected chi connectivity index (χ3v) is 7.49. The first-order valence-electron chi connectivity index (χ1n) is 11.4. The van der Waals surface area contributed by atoms with E-state index < -0.39 is 0 Å². The molecule has 0 spiro atoms. The van der Waals surface area contributed by atoms with Gasteiger partial charge in [-0.3, -0.25) is 0 Å². The fourth-order valence-corrected chi connectivity index (χ4v) is 5.93. The molecule has 2 aromatic carbocycles. The Hall–Kier alpha value is -1.37. The van der Waals surface area contributed by atoms with Gasteiger partial charge in [0.2, 0.25) is 0 Å². The fourth-order valence-electron chi connectivity index (χ4n) is 5.93. The van der Waals surface area contributed by atoms with E-state index in [1.54, 1.807) is 6.07 Å². The van der Waals surface area contributed by atoms with E-state index in [0.717, 1.165) is 28.7 Å². The van der Waals surface area contributed by atoms with Gasteiger partial charge < -0.3 is 0 Å². The Balaban J connectivity index is 1.38. The number of halogens is 1. The molecule has 0 amide bonds. The summed E-state index contributed by atoms with van der Waals surface area (Å²) in [6.07, 6.45) is 15.0. The van der Waals surface area contributed by atoms with Crippen molar-refractivity contribution in [2.45, 2.75) is 83.5 Å². The van der Waals surface area contributed by atoms with Gasteiger partial charge in [0.1, 0.15) is 5.82 Å². The average molecular weight is 367 g/mol. The maximum absolute atomic E-state index is 14.8. The molecule has 146 valence electrons. The van der Waals surface area contributed by atoms with Crippen molar-refractivity contribution < 1.29 is 4.39 Å². The van der Waals surface area contributed by atoms with E-state index in [9.17, 15) is 4.39 Å². The van der Waals surface area contributed by atoms with Crippen molar-refractivity contribution in [2.24, 2.45) is 17.8 Å². The molecule has 0 nitrogen and oxygen atoms in total. The highest BCUT2D eigenvalue weighted by molar-refractivity contribution is 5.83. The van der Waals surface area contributed by atoms with Crippen molar-refractivity contribution in [3.63, 3.8) is 0 Å². The van der Waals surface area contributed by atoms with Crippen LogP contribution in [0.15, 0.2) is 36.4 Å². The van der Waals surface area contributed by atoms with E-state index in [4.69, 9.17) is 0 Å². The number of unbranched alkanes of at least 4 members (excludes halogenated alkanes) is 3.